The fourth-order valence-corrected chi connectivity index (χ4v) is 3.65. The predicted molar refractivity (Wildman–Crippen MR) is 86.2 cm³/mol. The number of hydrogen-bond donors (Lipinski definition) is 0. The van der Waals surface area contributed by atoms with Crippen molar-refractivity contribution in [3.05, 3.63) is 29.3 Å². The van der Waals surface area contributed by atoms with Gasteiger partial charge in [-0.25, -0.2) is 4.90 Å². The van der Waals surface area contributed by atoms with Gasteiger partial charge in [-0.2, -0.15) is 0 Å². The molecule has 1 atom stereocenters. The minimum atomic E-state index is 0.576. The van der Waals surface area contributed by atoms with Crippen LogP contribution in [0.25, 0.3) is 0 Å². The number of nitrogens with zero attached hydrogens (tertiary/aromatic N) is 2. The second-order valence-corrected chi connectivity index (χ2v) is 6.90. The van der Waals surface area contributed by atoms with E-state index in [0.29, 0.717) is 11.8 Å². The second kappa shape index (κ2) is 5.23. The summed E-state index contributed by atoms with van der Waals surface area (Å²) in [7, 11) is 0. The first-order valence-corrected chi connectivity index (χ1v) is 8.08. The Balaban J connectivity index is 2.05. The molecule has 0 amide bonds. The molecule has 1 fully saturated rings. The molecule has 0 bridgehead atoms. The van der Waals surface area contributed by atoms with Gasteiger partial charge in [-0.05, 0) is 24.7 Å². The standard InChI is InChI=1S/C18H27N2/c1-13(2)16-8-5-9-17(14(3)4)18(16)20-11-15-7-6-10-19(15)12-20/h5,8-9,12-15H,6-7,10-11H2,1-4H3/q+1/t15-/m0/s1. The molecular formula is C18H27N2+. The molecule has 108 valence electrons. The first-order valence-electron chi connectivity index (χ1n) is 8.08. The lowest BCUT2D eigenvalue weighted by molar-refractivity contribution is -0.529. The normalized spacial score (nSPS) is 21.8. The third-order valence-corrected chi connectivity index (χ3v) is 4.75. The molecule has 1 aromatic rings. The van der Waals surface area contributed by atoms with Gasteiger partial charge in [-0.3, -0.25) is 4.58 Å². The van der Waals surface area contributed by atoms with Gasteiger partial charge in [0.05, 0.1) is 6.54 Å². The lowest BCUT2D eigenvalue weighted by atomic mass is 9.92. The van der Waals surface area contributed by atoms with Crippen LogP contribution >= 0.6 is 0 Å². The third-order valence-electron chi connectivity index (χ3n) is 4.75. The van der Waals surface area contributed by atoms with Crippen LogP contribution in [0, 0.1) is 0 Å². The summed E-state index contributed by atoms with van der Waals surface area (Å²) >= 11 is 0. The molecular weight excluding hydrogens is 244 g/mol. The zero-order chi connectivity index (χ0) is 14.3. The molecule has 0 radical (unpaired) electrons. The number of fused-ring (bicyclic) bond motifs is 1. The highest BCUT2D eigenvalue weighted by molar-refractivity contribution is 5.82. The minimum Gasteiger partial charge on any atom is -0.261 e. The molecule has 0 N–H and O–H groups in total. The molecule has 0 saturated carbocycles. The van der Waals surface area contributed by atoms with E-state index >= 15 is 0 Å². The molecule has 2 aliphatic rings. The summed E-state index contributed by atoms with van der Waals surface area (Å²) in [6.07, 6.45) is 5.09. The highest BCUT2D eigenvalue weighted by Gasteiger charge is 2.37. The summed E-state index contributed by atoms with van der Waals surface area (Å²) in [4.78, 5) is 2.52. The highest BCUT2D eigenvalue weighted by atomic mass is 15.3. The molecule has 0 spiro atoms. The Morgan fingerprint density at radius 2 is 1.75 bits per heavy atom. The van der Waals surface area contributed by atoms with E-state index in [1.807, 2.05) is 0 Å². The van der Waals surface area contributed by atoms with E-state index in [0.717, 1.165) is 6.04 Å². The van der Waals surface area contributed by atoms with Crippen molar-refractivity contribution in [3.63, 3.8) is 0 Å². The maximum atomic E-state index is 2.54. The van der Waals surface area contributed by atoms with E-state index in [1.165, 1.54) is 42.7 Å². The molecule has 2 heteroatoms. The smallest absolute Gasteiger partial charge is 0.239 e. The van der Waals surface area contributed by atoms with Crippen LogP contribution in [0.3, 0.4) is 0 Å². The zero-order valence-electron chi connectivity index (χ0n) is 13.3. The summed E-state index contributed by atoms with van der Waals surface area (Å²) in [6.45, 7) is 11.6. The molecule has 0 unspecified atom stereocenters. The van der Waals surface area contributed by atoms with Gasteiger partial charge < -0.3 is 0 Å². The summed E-state index contributed by atoms with van der Waals surface area (Å²) in [5.41, 5.74) is 4.47. The molecule has 20 heavy (non-hydrogen) atoms. The van der Waals surface area contributed by atoms with Crippen LogP contribution in [0.5, 0.6) is 0 Å². The fraction of sp³-hybridized carbons (Fsp3) is 0.611. The summed E-state index contributed by atoms with van der Waals surface area (Å²) < 4.78 is 2.54. The van der Waals surface area contributed by atoms with Gasteiger partial charge in [0.15, 0.2) is 0 Å². The third kappa shape index (κ3) is 2.25. The van der Waals surface area contributed by atoms with Crippen LogP contribution in [0.4, 0.5) is 5.69 Å². The average molecular weight is 271 g/mol. The van der Waals surface area contributed by atoms with Crippen molar-refractivity contribution in [2.75, 3.05) is 18.0 Å². The van der Waals surface area contributed by atoms with E-state index in [1.54, 1.807) is 0 Å². The van der Waals surface area contributed by atoms with Gasteiger partial charge in [0.2, 0.25) is 6.34 Å². The van der Waals surface area contributed by atoms with Gasteiger partial charge in [0, 0.05) is 11.1 Å². The van der Waals surface area contributed by atoms with Gasteiger partial charge in [-0.1, -0.05) is 45.9 Å². The number of hydrogen-bond acceptors (Lipinski definition) is 1. The first-order chi connectivity index (χ1) is 9.58. The molecule has 1 saturated heterocycles. The van der Waals surface area contributed by atoms with Gasteiger partial charge in [-0.15, -0.1) is 0 Å². The van der Waals surface area contributed by atoms with E-state index in [4.69, 9.17) is 0 Å². The number of benzene rings is 1. The van der Waals surface area contributed by atoms with Crippen LogP contribution in [-0.4, -0.2) is 30.0 Å². The van der Waals surface area contributed by atoms with Gasteiger partial charge >= 0.3 is 0 Å². The number of rotatable bonds is 3. The van der Waals surface area contributed by atoms with Crippen LogP contribution in [0.2, 0.25) is 0 Å². The lowest BCUT2D eigenvalue weighted by Crippen LogP contribution is -2.25. The lowest BCUT2D eigenvalue weighted by Gasteiger charge is -2.21. The van der Waals surface area contributed by atoms with Gasteiger partial charge in [0.1, 0.15) is 18.3 Å². The van der Waals surface area contributed by atoms with Crippen LogP contribution in [-0.2, 0) is 0 Å². The highest BCUT2D eigenvalue weighted by Crippen LogP contribution is 2.36. The molecule has 3 rings (SSSR count). The minimum absolute atomic E-state index is 0.576. The van der Waals surface area contributed by atoms with Crippen molar-refractivity contribution < 1.29 is 4.58 Å². The van der Waals surface area contributed by atoms with Crippen LogP contribution < -0.4 is 4.90 Å². The fourth-order valence-electron chi connectivity index (χ4n) is 3.65. The van der Waals surface area contributed by atoms with Crippen LogP contribution in [0.1, 0.15) is 63.5 Å². The Hall–Kier alpha value is -1.31. The Bertz CT molecular complexity index is 502. The SMILES string of the molecule is CC(C)c1cccc(C(C)C)c1N1C=[N+]2CCC[C@H]2C1. The summed E-state index contributed by atoms with van der Waals surface area (Å²) in [5.74, 6) is 1.15. The molecule has 1 aromatic carbocycles. The van der Waals surface area contributed by atoms with E-state index in [2.05, 4.69) is 61.7 Å². The van der Waals surface area contributed by atoms with Gasteiger partial charge in [0.25, 0.3) is 0 Å². The van der Waals surface area contributed by atoms with Crippen LogP contribution in [0.15, 0.2) is 18.2 Å². The van der Waals surface area contributed by atoms with Crippen molar-refractivity contribution in [2.45, 2.75) is 58.4 Å². The Labute approximate surface area is 123 Å². The topological polar surface area (TPSA) is 6.25 Å². The molecule has 2 heterocycles. The molecule has 0 aromatic heterocycles. The maximum absolute atomic E-state index is 2.54. The van der Waals surface area contributed by atoms with E-state index < -0.39 is 0 Å². The van der Waals surface area contributed by atoms with Crippen molar-refractivity contribution in [2.24, 2.45) is 0 Å². The van der Waals surface area contributed by atoms with Crippen molar-refractivity contribution in [1.29, 1.82) is 0 Å². The molecule has 2 nitrogen and oxygen atoms in total. The van der Waals surface area contributed by atoms with E-state index in [-0.39, 0.29) is 0 Å². The zero-order valence-corrected chi connectivity index (χ0v) is 13.3. The molecule has 0 aliphatic carbocycles. The molecule has 2 aliphatic heterocycles. The van der Waals surface area contributed by atoms with Crippen molar-refractivity contribution in [1.82, 2.24) is 0 Å². The summed E-state index contributed by atoms with van der Waals surface area (Å²) in [5, 5.41) is 0. The Kier molecular flexibility index (Phi) is 3.57. The van der Waals surface area contributed by atoms with E-state index in [9.17, 15) is 0 Å². The monoisotopic (exact) mass is 271 g/mol. The Morgan fingerprint density at radius 1 is 1.10 bits per heavy atom. The van der Waals surface area contributed by atoms with Crippen molar-refractivity contribution >= 4 is 12.0 Å². The quantitative estimate of drug-likeness (QED) is 0.754. The average Bonchev–Trinajstić information content (AvgIpc) is 2.98. The Morgan fingerprint density at radius 3 is 2.30 bits per heavy atom. The first kappa shape index (κ1) is 13.7. The predicted octanol–water partition coefficient (Wildman–Crippen LogP) is 3.96. The van der Waals surface area contributed by atoms with Crippen molar-refractivity contribution in [3.8, 4) is 0 Å². The number of para-hydroxylation sites is 1. The maximum Gasteiger partial charge on any atom is 0.239 e. The number of anilines is 1. The summed E-state index contributed by atoms with van der Waals surface area (Å²) in [6, 6.07) is 7.59. The largest absolute Gasteiger partial charge is 0.261 e. The second-order valence-electron chi connectivity index (χ2n) is 6.90.